The first-order valence-electron chi connectivity index (χ1n) is 9.54. The van der Waals surface area contributed by atoms with Gasteiger partial charge in [0.05, 0.1) is 14.2 Å². The highest BCUT2D eigenvalue weighted by molar-refractivity contribution is 5.88. The van der Waals surface area contributed by atoms with E-state index in [-0.39, 0.29) is 6.61 Å². The van der Waals surface area contributed by atoms with Gasteiger partial charge in [0, 0.05) is 5.56 Å². The zero-order chi connectivity index (χ0) is 22.4. The first kappa shape index (κ1) is 23.1. The number of rotatable bonds is 7. The lowest BCUT2D eigenvalue weighted by molar-refractivity contribution is -0.148. The Labute approximate surface area is 177 Å². The van der Waals surface area contributed by atoms with E-state index in [1.807, 2.05) is 30.3 Å². The number of amides is 1. The number of hydrogen-bond acceptors (Lipinski definition) is 6. The molecule has 0 spiro atoms. The molecule has 0 fully saturated rings. The highest BCUT2D eigenvalue weighted by atomic mass is 16.6. The Morgan fingerprint density at radius 2 is 1.60 bits per heavy atom. The summed E-state index contributed by atoms with van der Waals surface area (Å²) in [4.78, 5) is 25.3. The lowest BCUT2D eigenvalue weighted by Gasteiger charge is -2.31. The zero-order valence-electron chi connectivity index (χ0n) is 18.3. The smallest absolute Gasteiger partial charge is 0.408 e. The number of benzene rings is 2. The topological polar surface area (TPSA) is 83.1 Å². The highest BCUT2D eigenvalue weighted by Gasteiger charge is 2.42. The molecule has 0 aromatic heterocycles. The molecule has 2 rings (SSSR count). The molecular weight excluding hydrogens is 386 g/mol. The average molecular weight is 415 g/mol. The van der Waals surface area contributed by atoms with Crippen LogP contribution in [0.5, 0.6) is 11.5 Å². The first-order valence-corrected chi connectivity index (χ1v) is 9.54. The Morgan fingerprint density at radius 3 is 2.17 bits per heavy atom. The quantitative estimate of drug-likeness (QED) is 0.683. The van der Waals surface area contributed by atoms with Crippen LogP contribution >= 0.6 is 0 Å². The predicted octanol–water partition coefficient (Wildman–Crippen LogP) is 4.19. The zero-order valence-corrected chi connectivity index (χ0v) is 18.3. The number of carbonyl (C=O) groups is 2. The van der Waals surface area contributed by atoms with Gasteiger partial charge >= 0.3 is 12.1 Å². The number of carbonyl (C=O) groups excluding carboxylic acids is 2. The molecule has 0 aliphatic heterocycles. The van der Waals surface area contributed by atoms with Crippen molar-refractivity contribution in [2.75, 3.05) is 14.2 Å². The van der Waals surface area contributed by atoms with E-state index in [4.69, 9.17) is 18.9 Å². The van der Waals surface area contributed by atoms with Crippen molar-refractivity contribution in [2.24, 2.45) is 0 Å². The van der Waals surface area contributed by atoms with Crippen molar-refractivity contribution in [1.29, 1.82) is 0 Å². The van der Waals surface area contributed by atoms with E-state index >= 15 is 0 Å². The molecule has 0 aliphatic carbocycles. The van der Waals surface area contributed by atoms with Crippen LogP contribution in [0.4, 0.5) is 4.79 Å². The van der Waals surface area contributed by atoms with Crippen LogP contribution in [0, 0.1) is 0 Å². The number of hydrogen-bond donors (Lipinski definition) is 1. The molecule has 1 N–H and O–H groups in total. The fraction of sp³-hybridized carbons (Fsp3) is 0.391. The second kappa shape index (κ2) is 9.52. The third kappa shape index (κ3) is 5.65. The van der Waals surface area contributed by atoms with Crippen molar-refractivity contribution in [3.8, 4) is 11.5 Å². The number of esters is 1. The Morgan fingerprint density at radius 1 is 0.933 bits per heavy atom. The third-order valence-corrected chi connectivity index (χ3v) is 4.31. The molecule has 30 heavy (non-hydrogen) atoms. The van der Waals surface area contributed by atoms with Gasteiger partial charge in [-0.3, -0.25) is 0 Å². The van der Waals surface area contributed by atoms with Crippen LogP contribution in [0.25, 0.3) is 0 Å². The maximum atomic E-state index is 12.8. The maximum absolute atomic E-state index is 12.8. The van der Waals surface area contributed by atoms with Crippen molar-refractivity contribution in [2.45, 2.75) is 45.4 Å². The summed E-state index contributed by atoms with van der Waals surface area (Å²) in [7, 11) is 2.76. The summed E-state index contributed by atoms with van der Waals surface area (Å²) in [6.45, 7) is 7.00. The molecule has 1 amide bonds. The fourth-order valence-electron chi connectivity index (χ4n) is 2.89. The second-order valence-corrected chi connectivity index (χ2v) is 7.85. The van der Waals surface area contributed by atoms with Gasteiger partial charge in [-0.25, -0.2) is 9.59 Å². The van der Waals surface area contributed by atoms with Gasteiger partial charge in [0.1, 0.15) is 12.2 Å². The molecule has 2 aromatic carbocycles. The van der Waals surface area contributed by atoms with Gasteiger partial charge < -0.3 is 24.3 Å². The molecule has 0 saturated carbocycles. The summed E-state index contributed by atoms with van der Waals surface area (Å²) in [6, 6.07) is 14.7. The van der Waals surface area contributed by atoms with Crippen LogP contribution in [0.1, 0.15) is 38.8 Å². The van der Waals surface area contributed by atoms with Crippen LogP contribution in [-0.2, 0) is 26.4 Å². The van der Waals surface area contributed by atoms with Crippen LogP contribution in [0.3, 0.4) is 0 Å². The molecule has 0 bridgehead atoms. The molecule has 1 atom stereocenters. The van der Waals surface area contributed by atoms with E-state index in [1.165, 1.54) is 21.1 Å². The van der Waals surface area contributed by atoms with Crippen molar-refractivity contribution < 1.29 is 28.5 Å². The summed E-state index contributed by atoms with van der Waals surface area (Å²) < 4.78 is 21.8. The number of para-hydroxylation sites is 1. The summed E-state index contributed by atoms with van der Waals surface area (Å²) in [5.41, 5.74) is -0.982. The highest BCUT2D eigenvalue weighted by Crippen LogP contribution is 2.39. The number of alkyl carbamates (subject to hydrolysis) is 1. The SMILES string of the molecule is COC(=O)C(C)(NC(=O)OC(C)(C)C)c1cccc(OC)c1OCc1ccccc1. The standard InChI is InChI=1S/C23H29NO6/c1-22(2,3)30-21(26)24-23(4,20(25)28-6)17-13-10-14-18(27-5)19(17)29-15-16-11-8-7-9-12-16/h7-14H,15H2,1-6H3,(H,24,26). The van der Waals surface area contributed by atoms with Gasteiger partial charge in [0.25, 0.3) is 0 Å². The van der Waals surface area contributed by atoms with Crippen LogP contribution in [0.2, 0.25) is 0 Å². The Balaban J connectivity index is 2.46. The maximum Gasteiger partial charge on any atom is 0.408 e. The summed E-state index contributed by atoms with van der Waals surface area (Å²) in [5, 5.41) is 2.64. The summed E-state index contributed by atoms with van der Waals surface area (Å²) in [5.74, 6) is 0.0727. The van der Waals surface area contributed by atoms with Gasteiger partial charge in [-0.15, -0.1) is 0 Å². The number of methoxy groups -OCH3 is 2. The monoisotopic (exact) mass is 415 g/mol. The molecule has 0 heterocycles. The predicted molar refractivity (Wildman–Crippen MR) is 113 cm³/mol. The van der Waals surface area contributed by atoms with E-state index in [0.29, 0.717) is 17.1 Å². The van der Waals surface area contributed by atoms with Gasteiger partial charge in [-0.1, -0.05) is 42.5 Å². The summed E-state index contributed by atoms with van der Waals surface area (Å²) >= 11 is 0. The van der Waals surface area contributed by atoms with E-state index in [2.05, 4.69) is 5.32 Å². The Hall–Kier alpha value is -3.22. The minimum atomic E-state index is -1.57. The van der Waals surface area contributed by atoms with Gasteiger partial charge in [0.15, 0.2) is 17.0 Å². The van der Waals surface area contributed by atoms with Gasteiger partial charge in [0.2, 0.25) is 0 Å². The van der Waals surface area contributed by atoms with E-state index in [1.54, 1.807) is 39.0 Å². The summed E-state index contributed by atoms with van der Waals surface area (Å²) in [6.07, 6.45) is -0.757. The van der Waals surface area contributed by atoms with Crippen LogP contribution in [0.15, 0.2) is 48.5 Å². The first-order chi connectivity index (χ1) is 14.1. The number of nitrogens with one attached hydrogen (secondary N) is 1. The molecule has 2 aromatic rings. The van der Waals surface area contributed by atoms with Crippen molar-refractivity contribution in [3.63, 3.8) is 0 Å². The van der Waals surface area contributed by atoms with Crippen molar-refractivity contribution in [3.05, 3.63) is 59.7 Å². The lowest BCUT2D eigenvalue weighted by Crippen LogP contribution is -2.51. The van der Waals surface area contributed by atoms with Gasteiger partial charge in [-0.2, -0.15) is 0 Å². The molecular formula is C23H29NO6. The molecule has 0 saturated heterocycles. The number of ether oxygens (including phenoxy) is 4. The van der Waals surface area contributed by atoms with Crippen molar-refractivity contribution in [1.82, 2.24) is 5.32 Å². The second-order valence-electron chi connectivity index (χ2n) is 7.85. The van der Waals surface area contributed by atoms with E-state index in [0.717, 1.165) is 5.56 Å². The van der Waals surface area contributed by atoms with Gasteiger partial charge in [-0.05, 0) is 39.3 Å². The minimum absolute atomic E-state index is 0.248. The van der Waals surface area contributed by atoms with Crippen LogP contribution in [-0.4, -0.2) is 31.9 Å². The lowest BCUT2D eigenvalue weighted by atomic mass is 9.90. The van der Waals surface area contributed by atoms with E-state index < -0.39 is 23.2 Å². The molecule has 0 radical (unpaired) electrons. The Kier molecular flexibility index (Phi) is 7.32. The van der Waals surface area contributed by atoms with Crippen LogP contribution < -0.4 is 14.8 Å². The minimum Gasteiger partial charge on any atom is -0.493 e. The molecule has 7 nitrogen and oxygen atoms in total. The third-order valence-electron chi connectivity index (χ3n) is 4.31. The van der Waals surface area contributed by atoms with Crippen molar-refractivity contribution >= 4 is 12.1 Å². The molecule has 162 valence electrons. The van der Waals surface area contributed by atoms with E-state index in [9.17, 15) is 9.59 Å². The fourth-order valence-corrected chi connectivity index (χ4v) is 2.89. The normalized spacial score (nSPS) is 13.0. The Bertz CT molecular complexity index is 875. The molecule has 0 aliphatic rings. The largest absolute Gasteiger partial charge is 0.493 e. The molecule has 7 heteroatoms. The molecule has 1 unspecified atom stereocenters. The average Bonchev–Trinajstić information content (AvgIpc) is 2.70.